The molecule has 1 aromatic carbocycles. The third-order valence-electron chi connectivity index (χ3n) is 2.85. The Hall–Kier alpha value is -1.59. The van der Waals surface area contributed by atoms with E-state index in [0.717, 1.165) is 15.6 Å². The van der Waals surface area contributed by atoms with Crippen LogP contribution in [0.1, 0.15) is 17.2 Å². The molecule has 0 saturated heterocycles. The van der Waals surface area contributed by atoms with Crippen LogP contribution in [0.5, 0.6) is 11.5 Å². The Morgan fingerprint density at radius 2 is 1.79 bits per heavy atom. The van der Waals surface area contributed by atoms with Gasteiger partial charge in [0.2, 0.25) is 0 Å². The number of nitrogens with two attached hydrogens (primary N) is 1. The summed E-state index contributed by atoms with van der Waals surface area (Å²) in [5.74, 6) is 1.35. The number of methoxy groups -OCH3 is 2. The van der Waals surface area contributed by atoms with Gasteiger partial charge in [0.25, 0.3) is 0 Å². The maximum Gasteiger partial charge on any atom is 0.161 e. The van der Waals surface area contributed by atoms with Gasteiger partial charge in [-0.15, -0.1) is 0 Å². The van der Waals surface area contributed by atoms with Crippen molar-refractivity contribution in [3.05, 3.63) is 52.3 Å². The van der Waals surface area contributed by atoms with Gasteiger partial charge < -0.3 is 15.2 Å². The van der Waals surface area contributed by atoms with Crippen LogP contribution < -0.4 is 15.2 Å². The molecule has 0 fully saturated rings. The van der Waals surface area contributed by atoms with E-state index in [2.05, 4.69) is 20.9 Å². The lowest BCUT2D eigenvalue weighted by molar-refractivity contribution is 0.354. The number of aromatic nitrogens is 1. The SMILES string of the molecule is COc1ccc(C(N)c2cncc(Br)c2)cc1OC. The summed E-state index contributed by atoms with van der Waals surface area (Å²) < 4.78 is 11.4. The fourth-order valence-electron chi connectivity index (χ4n) is 1.84. The Bertz CT molecular complexity index is 575. The Morgan fingerprint density at radius 3 is 2.42 bits per heavy atom. The van der Waals surface area contributed by atoms with Gasteiger partial charge in [0.05, 0.1) is 20.3 Å². The van der Waals surface area contributed by atoms with Crippen molar-refractivity contribution in [2.24, 2.45) is 5.73 Å². The summed E-state index contributed by atoms with van der Waals surface area (Å²) in [6.45, 7) is 0. The minimum absolute atomic E-state index is 0.259. The molecule has 0 aliphatic rings. The van der Waals surface area contributed by atoms with E-state index in [9.17, 15) is 0 Å². The second-order valence-electron chi connectivity index (χ2n) is 4.03. The van der Waals surface area contributed by atoms with Gasteiger partial charge in [-0.1, -0.05) is 6.07 Å². The molecule has 0 aliphatic carbocycles. The highest BCUT2D eigenvalue weighted by atomic mass is 79.9. The zero-order chi connectivity index (χ0) is 13.8. The normalized spacial score (nSPS) is 12.0. The first-order chi connectivity index (χ1) is 9.15. The topological polar surface area (TPSA) is 57.4 Å². The quantitative estimate of drug-likeness (QED) is 0.940. The minimum Gasteiger partial charge on any atom is -0.493 e. The fraction of sp³-hybridized carbons (Fsp3) is 0.214. The number of nitrogens with zero attached hydrogens (tertiary/aromatic N) is 1. The van der Waals surface area contributed by atoms with Gasteiger partial charge in [0.15, 0.2) is 11.5 Å². The molecule has 2 rings (SSSR count). The second kappa shape index (κ2) is 6.04. The van der Waals surface area contributed by atoms with Gasteiger partial charge in [0.1, 0.15) is 0 Å². The molecule has 0 amide bonds. The molecular weight excluding hydrogens is 308 g/mol. The van der Waals surface area contributed by atoms with Crippen LogP contribution in [-0.4, -0.2) is 19.2 Å². The zero-order valence-corrected chi connectivity index (χ0v) is 12.3. The lowest BCUT2D eigenvalue weighted by atomic mass is 10.0. The highest BCUT2D eigenvalue weighted by Gasteiger charge is 2.13. The highest BCUT2D eigenvalue weighted by molar-refractivity contribution is 9.10. The van der Waals surface area contributed by atoms with Crippen molar-refractivity contribution in [1.82, 2.24) is 4.98 Å². The minimum atomic E-state index is -0.259. The van der Waals surface area contributed by atoms with E-state index >= 15 is 0 Å². The van der Waals surface area contributed by atoms with Gasteiger partial charge in [-0.05, 0) is 45.3 Å². The van der Waals surface area contributed by atoms with Gasteiger partial charge >= 0.3 is 0 Å². The van der Waals surface area contributed by atoms with E-state index in [0.29, 0.717) is 11.5 Å². The third-order valence-corrected chi connectivity index (χ3v) is 3.29. The molecule has 1 heterocycles. The summed E-state index contributed by atoms with van der Waals surface area (Å²) in [4.78, 5) is 4.12. The van der Waals surface area contributed by atoms with Gasteiger partial charge in [-0.25, -0.2) is 0 Å². The summed E-state index contributed by atoms with van der Waals surface area (Å²) in [7, 11) is 3.21. The summed E-state index contributed by atoms with van der Waals surface area (Å²) in [5, 5.41) is 0. The number of halogens is 1. The molecule has 2 aromatic rings. The molecule has 19 heavy (non-hydrogen) atoms. The highest BCUT2D eigenvalue weighted by Crippen LogP contribution is 2.31. The first-order valence-electron chi connectivity index (χ1n) is 5.73. The predicted molar refractivity (Wildman–Crippen MR) is 77.5 cm³/mol. The monoisotopic (exact) mass is 322 g/mol. The van der Waals surface area contributed by atoms with E-state index in [4.69, 9.17) is 15.2 Å². The molecule has 0 bridgehead atoms. The van der Waals surface area contributed by atoms with Crippen molar-refractivity contribution < 1.29 is 9.47 Å². The van der Waals surface area contributed by atoms with Crippen molar-refractivity contribution in [3.8, 4) is 11.5 Å². The number of rotatable bonds is 4. The molecule has 0 aliphatic heterocycles. The number of hydrogen-bond acceptors (Lipinski definition) is 4. The molecule has 1 aromatic heterocycles. The van der Waals surface area contributed by atoms with Crippen LogP contribution in [0, 0.1) is 0 Å². The smallest absolute Gasteiger partial charge is 0.161 e. The Kier molecular flexibility index (Phi) is 4.39. The molecule has 4 nitrogen and oxygen atoms in total. The van der Waals surface area contributed by atoms with Crippen molar-refractivity contribution >= 4 is 15.9 Å². The third kappa shape index (κ3) is 3.05. The molecule has 100 valence electrons. The molecule has 1 atom stereocenters. The second-order valence-corrected chi connectivity index (χ2v) is 4.94. The van der Waals surface area contributed by atoms with Crippen LogP contribution in [0.2, 0.25) is 0 Å². The van der Waals surface area contributed by atoms with E-state index in [1.165, 1.54) is 0 Å². The van der Waals surface area contributed by atoms with E-state index in [1.54, 1.807) is 26.6 Å². The average molecular weight is 323 g/mol. The van der Waals surface area contributed by atoms with E-state index < -0.39 is 0 Å². The maximum absolute atomic E-state index is 6.24. The largest absolute Gasteiger partial charge is 0.493 e. The lowest BCUT2D eigenvalue weighted by Gasteiger charge is -2.15. The number of pyridine rings is 1. The maximum atomic E-state index is 6.24. The lowest BCUT2D eigenvalue weighted by Crippen LogP contribution is -2.12. The standard InChI is InChI=1S/C14H15BrN2O2/c1-18-12-4-3-9(6-13(12)19-2)14(16)10-5-11(15)8-17-7-10/h3-8,14H,16H2,1-2H3. The first kappa shape index (κ1) is 13.8. The first-order valence-corrected chi connectivity index (χ1v) is 6.53. The van der Waals surface area contributed by atoms with Gasteiger partial charge in [0, 0.05) is 16.9 Å². The van der Waals surface area contributed by atoms with E-state index in [1.807, 2.05) is 24.3 Å². The van der Waals surface area contributed by atoms with E-state index in [-0.39, 0.29) is 6.04 Å². The van der Waals surface area contributed by atoms with Crippen LogP contribution in [0.4, 0.5) is 0 Å². The van der Waals surface area contributed by atoms with Crippen LogP contribution in [0.25, 0.3) is 0 Å². The van der Waals surface area contributed by atoms with Gasteiger partial charge in [-0.3, -0.25) is 4.98 Å². The Morgan fingerprint density at radius 1 is 1.05 bits per heavy atom. The summed E-state index contributed by atoms with van der Waals surface area (Å²) in [5.41, 5.74) is 8.12. The Labute approximate surface area is 120 Å². The molecule has 0 saturated carbocycles. The molecule has 2 N–H and O–H groups in total. The van der Waals surface area contributed by atoms with Crippen molar-refractivity contribution in [1.29, 1.82) is 0 Å². The van der Waals surface area contributed by atoms with Crippen molar-refractivity contribution in [3.63, 3.8) is 0 Å². The van der Waals surface area contributed by atoms with Crippen molar-refractivity contribution in [2.75, 3.05) is 14.2 Å². The molecule has 5 heteroatoms. The predicted octanol–water partition coefficient (Wildman–Crippen LogP) is 2.91. The van der Waals surface area contributed by atoms with Gasteiger partial charge in [-0.2, -0.15) is 0 Å². The Balaban J connectivity index is 2.36. The fourth-order valence-corrected chi connectivity index (χ4v) is 2.22. The summed E-state index contributed by atoms with van der Waals surface area (Å²) >= 11 is 3.39. The number of hydrogen-bond donors (Lipinski definition) is 1. The van der Waals surface area contributed by atoms with Crippen LogP contribution in [0.3, 0.4) is 0 Å². The molecule has 1 unspecified atom stereocenters. The van der Waals surface area contributed by atoms with Crippen LogP contribution >= 0.6 is 15.9 Å². The summed E-state index contributed by atoms with van der Waals surface area (Å²) in [6.07, 6.45) is 3.48. The molecule has 0 radical (unpaired) electrons. The number of ether oxygens (including phenoxy) is 2. The zero-order valence-electron chi connectivity index (χ0n) is 10.8. The molecule has 0 spiro atoms. The van der Waals surface area contributed by atoms with Crippen molar-refractivity contribution in [2.45, 2.75) is 6.04 Å². The number of benzene rings is 1. The average Bonchev–Trinajstić information content (AvgIpc) is 2.45. The van der Waals surface area contributed by atoms with Crippen LogP contribution in [0.15, 0.2) is 41.1 Å². The van der Waals surface area contributed by atoms with Crippen LogP contribution in [-0.2, 0) is 0 Å². The molecular formula is C14H15BrN2O2. The summed E-state index contributed by atoms with van der Waals surface area (Å²) in [6, 6.07) is 7.34.